The third-order valence-corrected chi connectivity index (χ3v) is 6.91. The van der Waals surface area contributed by atoms with Crippen molar-refractivity contribution in [3.63, 3.8) is 0 Å². The van der Waals surface area contributed by atoms with Crippen LogP contribution in [-0.4, -0.2) is 29.5 Å². The van der Waals surface area contributed by atoms with Crippen LogP contribution in [0.25, 0.3) is 27.1 Å². The zero-order valence-electron chi connectivity index (χ0n) is 17.6. The molecular weight excluding hydrogens is 428 g/mol. The highest BCUT2D eigenvalue weighted by Crippen LogP contribution is 2.35. The third-order valence-electron chi connectivity index (χ3n) is 5.06. The zero-order valence-corrected chi connectivity index (χ0v) is 19.2. The summed E-state index contributed by atoms with van der Waals surface area (Å²) in [7, 11) is 0. The van der Waals surface area contributed by atoms with Crippen molar-refractivity contribution >= 4 is 39.1 Å². The fourth-order valence-corrected chi connectivity index (χ4v) is 5.39. The first-order valence-electron chi connectivity index (χ1n) is 9.82. The lowest BCUT2D eigenvalue weighted by atomic mass is 10.0. The van der Waals surface area contributed by atoms with Gasteiger partial charge in [0.15, 0.2) is 0 Å². The van der Waals surface area contributed by atoms with E-state index >= 15 is 0 Å². The number of thioether (sulfide) groups is 1. The predicted molar refractivity (Wildman–Crippen MR) is 125 cm³/mol. The first-order valence-corrected chi connectivity index (χ1v) is 11.6. The minimum atomic E-state index is -0.114. The number of hydrogen-bond donors (Lipinski definition) is 1. The Bertz CT molecular complexity index is 1500. The molecule has 0 unspecified atom stereocenters. The number of benzene rings is 1. The predicted octanol–water partition coefficient (Wildman–Crippen LogP) is 4.62. The molecule has 0 saturated heterocycles. The summed E-state index contributed by atoms with van der Waals surface area (Å²) in [5, 5.41) is 5.76. The molecule has 1 N–H and O–H groups in total. The lowest BCUT2D eigenvalue weighted by Gasteiger charge is -2.03. The van der Waals surface area contributed by atoms with Gasteiger partial charge in [0, 0.05) is 21.8 Å². The Morgan fingerprint density at radius 2 is 1.84 bits per heavy atom. The zero-order chi connectivity index (χ0) is 21.7. The molecule has 0 aliphatic carbocycles. The number of nitrogens with one attached hydrogen (secondary N) is 1. The quantitative estimate of drug-likeness (QED) is 0.404. The van der Waals surface area contributed by atoms with Crippen LogP contribution in [0.4, 0.5) is 0 Å². The Labute approximate surface area is 186 Å². The molecule has 9 heteroatoms. The van der Waals surface area contributed by atoms with Gasteiger partial charge in [0.05, 0.1) is 11.1 Å². The Morgan fingerprint density at radius 3 is 2.61 bits per heavy atom. The van der Waals surface area contributed by atoms with Crippen molar-refractivity contribution in [1.82, 2.24) is 29.5 Å². The largest absolute Gasteiger partial charge is 0.309 e. The molecule has 0 aliphatic heterocycles. The fourth-order valence-electron chi connectivity index (χ4n) is 3.64. The number of nitrogens with zero attached hydrogens (tertiary/aromatic N) is 5. The minimum Gasteiger partial charge on any atom is -0.309 e. The van der Waals surface area contributed by atoms with E-state index in [0.29, 0.717) is 27.9 Å². The summed E-state index contributed by atoms with van der Waals surface area (Å²) in [5.41, 5.74) is 4.96. The molecule has 4 heterocycles. The van der Waals surface area contributed by atoms with Gasteiger partial charge >= 0.3 is 0 Å². The van der Waals surface area contributed by atoms with E-state index < -0.39 is 0 Å². The van der Waals surface area contributed by atoms with Crippen LogP contribution in [0.2, 0.25) is 0 Å². The second kappa shape index (κ2) is 7.58. The third kappa shape index (κ3) is 3.64. The number of aryl methyl sites for hydroxylation is 4. The van der Waals surface area contributed by atoms with Crippen LogP contribution in [0.5, 0.6) is 0 Å². The van der Waals surface area contributed by atoms with Gasteiger partial charge < -0.3 is 4.98 Å². The Morgan fingerprint density at radius 1 is 1.06 bits per heavy atom. The molecule has 0 radical (unpaired) electrons. The number of aromatic nitrogens is 6. The summed E-state index contributed by atoms with van der Waals surface area (Å²) in [6.45, 7) is 8.00. The molecule has 0 amide bonds. The van der Waals surface area contributed by atoms with Crippen molar-refractivity contribution < 1.29 is 0 Å². The van der Waals surface area contributed by atoms with Gasteiger partial charge in [0.2, 0.25) is 5.16 Å². The second-order valence-electron chi connectivity index (χ2n) is 7.53. The molecule has 156 valence electrons. The maximum absolute atomic E-state index is 13.0. The maximum Gasteiger partial charge on any atom is 0.260 e. The highest BCUT2D eigenvalue weighted by molar-refractivity contribution is 7.98. The number of hydrogen-bond acceptors (Lipinski definition) is 7. The standard InChI is InChI=1S/C22H20N6OS2/c1-11-5-7-15(8-6-11)17-14(4)31-20-18(17)19(29)24-16(25-20)10-30-22-26-21-23-12(2)9-13(3)28(21)27-22/h5-9H,10H2,1-4H3,(H,24,25,29). The molecular formula is C22H20N6OS2. The summed E-state index contributed by atoms with van der Waals surface area (Å²) in [6.07, 6.45) is 0. The SMILES string of the molecule is Cc1ccc(-c2c(C)sc3nc(CSc4nc5nc(C)cc(C)n5n4)[nH]c(=O)c23)cc1. The van der Waals surface area contributed by atoms with E-state index in [0.717, 1.165) is 32.2 Å². The van der Waals surface area contributed by atoms with Crippen LogP contribution in [-0.2, 0) is 5.75 Å². The first-order chi connectivity index (χ1) is 14.9. The highest BCUT2D eigenvalue weighted by atomic mass is 32.2. The number of fused-ring (bicyclic) bond motifs is 2. The number of H-pyrrole nitrogens is 1. The van der Waals surface area contributed by atoms with Crippen LogP contribution < -0.4 is 5.56 Å². The van der Waals surface area contributed by atoms with E-state index in [4.69, 9.17) is 4.98 Å². The summed E-state index contributed by atoms with van der Waals surface area (Å²) in [4.78, 5) is 31.4. The van der Waals surface area contributed by atoms with Gasteiger partial charge in [-0.15, -0.1) is 16.4 Å². The van der Waals surface area contributed by atoms with Crippen LogP contribution in [0.1, 0.15) is 27.7 Å². The van der Waals surface area contributed by atoms with Crippen molar-refractivity contribution in [2.24, 2.45) is 0 Å². The molecule has 5 aromatic rings. The van der Waals surface area contributed by atoms with Crippen molar-refractivity contribution in [2.75, 3.05) is 0 Å². The lowest BCUT2D eigenvalue weighted by molar-refractivity contribution is 0.842. The van der Waals surface area contributed by atoms with Gasteiger partial charge in [-0.3, -0.25) is 4.79 Å². The molecule has 4 aromatic heterocycles. The first kappa shape index (κ1) is 19.9. The fraction of sp³-hybridized carbons (Fsp3) is 0.227. The lowest BCUT2D eigenvalue weighted by Crippen LogP contribution is -2.10. The van der Waals surface area contributed by atoms with Gasteiger partial charge in [-0.2, -0.15) is 4.98 Å². The molecule has 7 nitrogen and oxygen atoms in total. The molecule has 5 rings (SSSR count). The van der Waals surface area contributed by atoms with E-state index in [1.807, 2.05) is 26.8 Å². The van der Waals surface area contributed by atoms with Crippen molar-refractivity contribution in [3.05, 3.63) is 68.3 Å². The smallest absolute Gasteiger partial charge is 0.260 e. The van der Waals surface area contributed by atoms with Crippen LogP contribution >= 0.6 is 23.1 Å². The molecule has 0 bridgehead atoms. The van der Waals surface area contributed by atoms with E-state index in [1.54, 1.807) is 15.9 Å². The van der Waals surface area contributed by atoms with E-state index in [-0.39, 0.29) is 5.56 Å². The molecule has 0 spiro atoms. The van der Waals surface area contributed by atoms with E-state index in [2.05, 4.69) is 51.2 Å². The summed E-state index contributed by atoms with van der Waals surface area (Å²) in [5.74, 6) is 1.66. The Kier molecular flexibility index (Phi) is 4.86. The van der Waals surface area contributed by atoms with Gasteiger partial charge in [-0.05, 0) is 39.3 Å². The molecule has 0 fully saturated rings. The summed E-state index contributed by atoms with van der Waals surface area (Å²) < 4.78 is 1.73. The summed E-state index contributed by atoms with van der Waals surface area (Å²) >= 11 is 2.98. The number of aromatic amines is 1. The highest BCUT2D eigenvalue weighted by Gasteiger charge is 2.17. The second-order valence-corrected chi connectivity index (χ2v) is 9.67. The average Bonchev–Trinajstić information content (AvgIpc) is 3.27. The van der Waals surface area contributed by atoms with Crippen LogP contribution in [0, 0.1) is 27.7 Å². The Hall–Kier alpha value is -3.04. The van der Waals surface area contributed by atoms with Gasteiger partial charge in [0.25, 0.3) is 11.3 Å². The van der Waals surface area contributed by atoms with E-state index in [1.165, 1.54) is 17.3 Å². The van der Waals surface area contributed by atoms with Crippen molar-refractivity contribution in [2.45, 2.75) is 38.6 Å². The molecule has 1 aromatic carbocycles. The van der Waals surface area contributed by atoms with Gasteiger partial charge in [0.1, 0.15) is 10.7 Å². The molecule has 0 saturated carbocycles. The molecule has 0 aliphatic rings. The van der Waals surface area contributed by atoms with Crippen LogP contribution in [0.15, 0.2) is 40.3 Å². The van der Waals surface area contributed by atoms with Crippen molar-refractivity contribution in [3.8, 4) is 11.1 Å². The molecule has 31 heavy (non-hydrogen) atoms. The average molecular weight is 449 g/mol. The van der Waals surface area contributed by atoms with E-state index in [9.17, 15) is 4.79 Å². The van der Waals surface area contributed by atoms with Crippen molar-refractivity contribution in [1.29, 1.82) is 0 Å². The monoisotopic (exact) mass is 448 g/mol. The topological polar surface area (TPSA) is 88.8 Å². The molecule has 0 atom stereocenters. The van der Waals surface area contributed by atoms with Gasteiger partial charge in [-0.25, -0.2) is 14.5 Å². The normalized spacial score (nSPS) is 11.6. The van der Waals surface area contributed by atoms with Gasteiger partial charge in [-0.1, -0.05) is 41.6 Å². The summed E-state index contributed by atoms with van der Waals surface area (Å²) in [6, 6.07) is 10.2. The number of rotatable bonds is 4. The minimum absolute atomic E-state index is 0.114. The Balaban J connectivity index is 1.47. The maximum atomic E-state index is 13.0. The number of thiophene rings is 1. The van der Waals surface area contributed by atoms with Crippen LogP contribution in [0.3, 0.4) is 0 Å².